The van der Waals surface area contributed by atoms with E-state index >= 15 is 0 Å². The molecule has 2 aliphatic rings. The zero-order chi connectivity index (χ0) is 23.4. The lowest BCUT2D eigenvalue weighted by atomic mass is 10.1. The van der Waals surface area contributed by atoms with E-state index in [1.807, 2.05) is 0 Å². The van der Waals surface area contributed by atoms with Crippen LogP contribution >= 0.6 is 0 Å². The van der Waals surface area contributed by atoms with Crippen molar-refractivity contribution >= 4 is 17.9 Å². The first-order chi connectivity index (χ1) is 16.0. The Balaban J connectivity index is 1.32. The summed E-state index contributed by atoms with van der Waals surface area (Å²) in [5.74, 6) is -0.769. The first-order valence-electron chi connectivity index (χ1n) is 10.2. The average Bonchev–Trinajstić information content (AvgIpc) is 3.42. The SMILES string of the molecule is C=CC(=O)Oc1ccc(C(=O)O[C@H]2CO[C@H]3[C@@H]2OC[C@H]3OC(=O)c2ccc(OC)cc2)cc1. The van der Waals surface area contributed by atoms with E-state index in [0.717, 1.165) is 6.08 Å². The van der Waals surface area contributed by atoms with Crippen molar-refractivity contribution in [1.82, 2.24) is 0 Å². The summed E-state index contributed by atoms with van der Waals surface area (Å²) >= 11 is 0. The molecule has 0 radical (unpaired) electrons. The van der Waals surface area contributed by atoms with Crippen LogP contribution < -0.4 is 9.47 Å². The van der Waals surface area contributed by atoms with Crippen LogP contribution in [0.25, 0.3) is 0 Å². The van der Waals surface area contributed by atoms with E-state index in [2.05, 4.69) is 6.58 Å². The van der Waals surface area contributed by atoms with Gasteiger partial charge in [0.2, 0.25) is 0 Å². The molecule has 0 aromatic heterocycles. The number of hydrogen-bond donors (Lipinski definition) is 0. The maximum Gasteiger partial charge on any atom is 0.338 e. The zero-order valence-electron chi connectivity index (χ0n) is 17.8. The highest BCUT2D eigenvalue weighted by atomic mass is 16.7. The van der Waals surface area contributed by atoms with Crippen molar-refractivity contribution < 1.29 is 42.8 Å². The van der Waals surface area contributed by atoms with E-state index in [4.69, 9.17) is 28.4 Å². The van der Waals surface area contributed by atoms with Crippen LogP contribution in [0.15, 0.2) is 61.2 Å². The van der Waals surface area contributed by atoms with Gasteiger partial charge in [-0.05, 0) is 48.5 Å². The van der Waals surface area contributed by atoms with E-state index in [0.29, 0.717) is 11.3 Å². The third-order valence-electron chi connectivity index (χ3n) is 5.28. The lowest BCUT2D eigenvalue weighted by molar-refractivity contribution is -0.128. The van der Waals surface area contributed by atoms with E-state index < -0.39 is 42.3 Å². The molecule has 9 nitrogen and oxygen atoms in total. The van der Waals surface area contributed by atoms with Crippen LogP contribution in [0.2, 0.25) is 0 Å². The number of hydrogen-bond acceptors (Lipinski definition) is 9. The second kappa shape index (κ2) is 9.85. The van der Waals surface area contributed by atoms with Gasteiger partial charge >= 0.3 is 17.9 Å². The Morgan fingerprint density at radius 2 is 1.27 bits per heavy atom. The van der Waals surface area contributed by atoms with Crippen LogP contribution in [-0.2, 0) is 23.7 Å². The molecule has 2 aromatic carbocycles. The van der Waals surface area contributed by atoms with Gasteiger partial charge in [0.25, 0.3) is 0 Å². The molecule has 2 heterocycles. The van der Waals surface area contributed by atoms with Crippen molar-refractivity contribution in [1.29, 1.82) is 0 Å². The van der Waals surface area contributed by atoms with Gasteiger partial charge in [-0.2, -0.15) is 0 Å². The fraction of sp³-hybridized carbons (Fsp3) is 0.292. The maximum absolute atomic E-state index is 12.5. The van der Waals surface area contributed by atoms with Crippen LogP contribution in [0.3, 0.4) is 0 Å². The molecular weight excluding hydrogens is 432 g/mol. The van der Waals surface area contributed by atoms with Crippen molar-refractivity contribution in [3.63, 3.8) is 0 Å². The molecule has 0 N–H and O–H groups in total. The molecule has 4 rings (SSSR count). The molecule has 0 bridgehead atoms. The van der Waals surface area contributed by atoms with Crippen LogP contribution in [-0.4, -0.2) is 62.6 Å². The number of methoxy groups -OCH3 is 1. The predicted octanol–water partition coefficient (Wildman–Crippen LogP) is 2.34. The number of esters is 3. The van der Waals surface area contributed by atoms with Gasteiger partial charge in [0.15, 0.2) is 12.2 Å². The minimum Gasteiger partial charge on any atom is -0.497 e. The number of carbonyl (C=O) groups excluding carboxylic acids is 3. The Hall–Kier alpha value is -3.69. The monoisotopic (exact) mass is 454 g/mol. The number of ether oxygens (including phenoxy) is 6. The summed E-state index contributed by atoms with van der Waals surface area (Å²) < 4.78 is 32.6. The molecule has 172 valence electrons. The predicted molar refractivity (Wildman–Crippen MR) is 113 cm³/mol. The average molecular weight is 454 g/mol. The van der Waals surface area contributed by atoms with Gasteiger partial charge in [-0.1, -0.05) is 6.58 Å². The first-order valence-corrected chi connectivity index (χ1v) is 10.2. The van der Waals surface area contributed by atoms with Crippen molar-refractivity contribution in [2.45, 2.75) is 24.4 Å². The van der Waals surface area contributed by atoms with Crippen LogP contribution in [0.4, 0.5) is 0 Å². The van der Waals surface area contributed by atoms with Gasteiger partial charge in [-0.3, -0.25) is 0 Å². The lowest BCUT2D eigenvalue weighted by Crippen LogP contribution is -2.36. The number of rotatable bonds is 7. The van der Waals surface area contributed by atoms with Crippen molar-refractivity contribution in [3.05, 3.63) is 72.3 Å². The Labute approximate surface area is 189 Å². The van der Waals surface area contributed by atoms with Crippen LogP contribution in [0, 0.1) is 0 Å². The molecule has 2 aromatic rings. The Morgan fingerprint density at radius 1 is 0.818 bits per heavy atom. The fourth-order valence-corrected chi connectivity index (χ4v) is 3.59. The summed E-state index contributed by atoms with van der Waals surface area (Å²) in [4.78, 5) is 36.2. The summed E-state index contributed by atoms with van der Waals surface area (Å²) in [7, 11) is 1.54. The van der Waals surface area contributed by atoms with E-state index in [1.165, 1.54) is 24.3 Å². The summed E-state index contributed by atoms with van der Waals surface area (Å²) in [6, 6.07) is 12.5. The van der Waals surface area contributed by atoms with Gasteiger partial charge < -0.3 is 28.4 Å². The van der Waals surface area contributed by atoms with Crippen molar-refractivity contribution in [2.24, 2.45) is 0 Å². The van der Waals surface area contributed by atoms with Gasteiger partial charge in [0.1, 0.15) is 23.7 Å². The number of fused-ring (bicyclic) bond motifs is 1. The van der Waals surface area contributed by atoms with Gasteiger partial charge in [0.05, 0.1) is 31.5 Å². The molecule has 0 unspecified atom stereocenters. The minimum absolute atomic E-state index is 0.118. The summed E-state index contributed by atoms with van der Waals surface area (Å²) in [6.07, 6.45) is -1.30. The van der Waals surface area contributed by atoms with Crippen molar-refractivity contribution in [2.75, 3.05) is 20.3 Å². The molecule has 2 aliphatic heterocycles. The summed E-state index contributed by atoms with van der Waals surface area (Å²) in [5.41, 5.74) is 0.653. The first kappa shape index (κ1) is 22.5. The van der Waals surface area contributed by atoms with Crippen LogP contribution in [0.5, 0.6) is 11.5 Å². The highest BCUT2D eigenvalue weighted by Crippen LogP contribution is 2.31. The van der Waals surface area contributed by atoms with Gasteiger partial charge in [0, 0.05) is 6.08 Å². The lowest BCUT2D eigenvalue weighted by Gasteiger charge is -2.17. The molecule has 9 heteroatoms. The van der Waals surface area contributed by atoms with E-state index in [1.54, 1.807) is 31.4 Å². The van der Waals surface area contributed by atoms with E-state index in [-0.39, 0.29) is 24.5 Å². The third kappa shape index (κ3) is 5.05. The standard InChI is InChI=1S/C24H22O9/c1-3-20(25)31-17-10-6-15(7-11-17)24(27)33-19-13-30-21-18(12-29-22(19)21)32-23(26)14-4-8-16(28-2)9-5-14/h3-11,18-19,21-22H,1,12-13H2,2H3/t18-,19+,21-,22-/m1/s1. The molecule has 4 atom stereocenters. The Kier molecular flexibility index (Phi) is 6.71. The van der Waals surface area contributed by atoms with Gasteiger partial charge in [-0.25, -0.2) is 14.4 Å². The molecular formula is C24H22O9. The van der Waals surface area contributed by atoms with Crippen LogP contribution in [0.1, 0.15) is 20.7 Å². The molecule has 0 spiro atoms. The minimum atomic E-state index is -0.648. The second-order valence-corrected chi connectivity index (χ2v) is 7.36. The molecule has 2 fully saturated rings. The topological polar surface area (TPSA) is 107 Å². The summed E-state index contributed by atoms with van der Waals surface area (Å²) in [6.45, 7) is 3.58. The Morgan fingerprint density at radius 3 is 1.70 bits per heavy atom. The van der Waals surface area contributed by atoms with Crippen molar-refractivity contribution in [3.8, 4) is 11.5 Å². The highest BCUT2D eigenvalue weighted by molar-refractivity contribution is 5.90. The largest absolute Gasteiger partial charge is 0.497 e. The molecule has 0 amide bonds. The zero-order valence-corrected chi connectivity index (χ0v) is 17.8. The third-order valence-corrected chi connectivity index (χ3v) is 5.28. The maximum atomic E-state index is 12.5. The summed E-state index contributed by atoms with van der Waals surface area (Å²) in [5, 5.41) is 0. The van der Waals surface area contributed by atoms with E-state index in [9.17, 15) is 14.4 Å². The molecule has 2 saturated heterocycles. The molecule has 33 heavy (non-hydrogen) atoms. The Bertz CT molecular complexity index is 1030. The number of carbonyl (C=O) groups is 3. The number of benzene rings is 2. The second-order valence-electron chi connectivity index (χ2n) is 7.36. The highest BCUT2D eigenvalue weighted by Gasteiger charge is 2.51. The quantitative estimate of drug-likeness (QED) is 0.354. The fourth-order valence-electron chi connectivity index (χ4n) is 3.59. The molecule has 0 aliphatic carbocycles. The van der Waals surface area contributed by atoms with Gasteiger partial charge in [-0.15, -0.1) is 0 Å². The molecule has 0 saturated carbocycles. The normalized spacial score (nSPS) is 23.3. The smallest absolute Gasteiger partial charge is 0.338 e.